The monoisotopic (exact) mass is 656 g/mol. The Kier molecular flexibility index (Phi) is 17.6. The highest BCUT2D eigenvalue weighted by molar-refractivity contribution is 14.1. The third-order valence-electron chi connectivity index (χ3n) is 8.29. The maximum absolute atomic E-state index is 12.7. The van der Waals surface area contributed by atoms with Gasteiger partial charge in [-0.1, -0.05) is 77.1 Å². The lowest BCUT2D eigenvalue weighted by Crippen LogP contribution is -2.45. The Hall–Kier alpha value is -0.00312. The zero-order valence-corrected chi connectivity index (χ0v) is 29.1. The fraction of sp³-hybridized carbons (Fsp3) is 0.897. The van der Waals surface area contributed by atoms with Crippen LogP contribution in [-0.2, 0) is 28.2 Å². The van der Waals surface area contributed by atoms with Gasteiger partial charge in [0.1, 0.15) is 6.10 Å². The molecule has 0 aliphatic carbocycles. The molecule has 220 valence electrons. The van der Waals surface area contributed by atoms with E-state index in [1.54, 1.807) is 21.1 Å². The summed E-state index contributed by atoms with van der Waals surface area (Å²) in [5, 5.41) is 0.169. The average Bonchev–Trinajstić information content (AvgIpc) is 2.82. The van der Waals surface area contributed by atoms with E-state index in [1.165, 1.54) is 7.11 Å². The van der Waals surface area contributed by atoms with Gasteiger partial charge < -0.3 is 23.4 Å². The summed E-state index contributed by atoms with van der Waals surface area (Å²) in [6.07, 6.45) is 4.81. The molecule has 0 spiro atoms. The normalized spacial score (nSPS) is 19.6. The largest absolute Gasteiger partial charge is 0.460 e. The van der Waals surface area contributed by atoms with E-state index in [2.05, 4.69) is 90.2 Å². The van der Waals surface area contributed by atoms with Crippen LogP contribution in [0.1, 0.15) is 81.1 Å². The van der Waals surface area contributed by atoms with Crippen molar-refractivity contribution in [3.8, 4) is 0 Å². The average molecular weight is 657 g/mol. The lowest BCUT2D eigenvalue weighted by Gasteiger charge is -2.40. The summed E-state index contributed by atoms with van der Waals surface area (Å²) in [6, 6.07) is 0. The Bertz CT molecular complexity index is 665. The van der Waals surface area contributed by atoms with Gasteiger partial charge in [-0.2, -0.15) is 0 Å². The van der Waals surface area contributed by atoms with Gasteiger partial charge in [-0.3, -0.25) is 0 Å². The summed E-state index contributed by atoms with van der Waals surface area (Å²) in [5.74, 6) is 0.151. The van der Waals surface area contributed by atoms with Gasteiger partial charge in [0.05, 0.1) is 12.2 Å². The Labute approximate surface area is 243 Å². The molecule has 0 amide bonds. The lowest BCUT2D eigenvalue weighted by molar-refractivity contribution is -0.166. The van der Waals surface area contributed by atoms with Crippen LogP contribution in [0.15, 0.2) is 10.2 Å². The standard InChI is InChI=1S/C29H57IO6Si/c1-14-24(36-37(12,13)29(6,7)8)19-26(33-10)20(2)15-16-25(35-28(31)23(5)32-9)22(4)27(34-11)21(3)17-18-30/h17-18,20-27H,14-16,19H2,1-13H3/b18-17+. The number of carbonyl (C=O) groups is 1. The molecule has 0 N–H and O–H groups in total. The Balaban J connectivity index is 5.58. The Morgan fingerprint density at radius 3 is 1.97 bits per heavy atom. The summed E-state index contributed by atoms with van der Waals surface area (Å²) in [5.41, 5.74) is 0. The smallest absolute Gasteiger partial charge is 0.335 e. The molecule has 0 aromatic heterocycles. The molecule has 0 aromatic rings. The summed E-state index contributed by atoms with van der Waals surface area (Å²) in [4.78, 5) is 12.7. The number of halogens is 1. The fourth-order valence-corrected chi connectivity index (χ4v) is 6.54. The molecule has 8 unspecified atom stereocenters. The first kappa shape index (κ1) is 37.0. The molecule has 0 fully saturated rings. The molecule has 0 heterocycles. The molecule has 8 atom stereocenters. The third kappa shape index (κ3) is 12.4. The van der Waals surface area contributed by atoms with Gasteiger partial charge in [-0.15, -0.1) is 0 Å². The van der Waals surface area contributed by atoms with Crippen LogP contribution < -0.4 is 0 Å². The van der Waals surface area contributed by atoms with E-state index in [0.717, 1.165) is 25.7 Å². The maximum Gasteiger partial charge on any atom is 0.335 e. The van der Waals surface area contributed by atoms with E-state index in [-0.39, 0.29) is 53.2 Å². The van der Waals surface area contributed by atoms with Crippen molar-refractivity contribution in [2.45, 2.75) is 130 Å². The van der Waals surface area contributed by atoms with Gasteiger partial charge in [0.2, 0.25) is 0 Å². The van der Waals surface area contributed by atoms with Crippen molar-refractivity contribution in [3.05, 3.63) is 10.2 Å². The molecule has 6 nitrogen and oxygen atoms in total. The van der Waals surface area contributed by atoms with Gasteiger partial charge in [0, 0.05) is 39.3 Å². The zero-order chi connectivity index (χ0) is 29.0. The highest BCUT2D eigenvalue weighted by Gasteiger charge is 2.40. The van der Waals surface area contributed by atoms with Crippen LogP contribution >= 0.6 is 22.6 Å². The molecule has 0 bridgehead atoms. The minimum Gasteiger partial charge on any atom is -0.460 e. The van der Waals surface area contributed by atoms with Crippen molar-refractivity contribution in [2.75, 3.05) is 21.3 Å². The van der Waals surface area contributed by atoms with Crippen LogP contribution in [0.3, 0.4) is 0 Å². The molecule has 37 heavy (non-hydrogen) atoms. The second-order valence-corrected chi connectivity index (χ2v) is 17.5. The first-order valence-corrected chi connectivity index (χ1v) is 18.0. The predicted molar refractivity (Wildman–Crippen MR) is 165 cm³/mol. The first-order chi connectivity index (χ1) is 17.1. The maximum atomic E-state index is 12.7. The summed E-state index contributed by atoms with van der Waals surface area (Å²) < 4.78 is 31.8. The highest BCUT2D eigenvalue weighted by atomic mass is 127. The van der Waals surface area contributed by atoms with E-state index in [1.807, 2.05) is 4.08 Å². The molecule has 0 aliphatic rings. The topological polar surface area (TPSA) is 63.2 Å². The first-order valence-electron chi connectivity index (χ1n) is 13.8. The number of rotatable bonds is 18. The number of hydrogen-bond acceptors (Lipinski definition) is 6. The molecule has 8 heteroatoms. The van der Waals surface area contributed by atoms with Crippen LogP contribution in [0.4, 0.5) is 0 Å². The number of carbonyl (C=O) groups excluding carboxylic acids is 1. The van der Waals surface area contributed by atoms with Gasteiger partial charge in [0.25, 0.3) is 0 Å². The van der Waals surface area contributed by atoms with Crippen molar-refractivity contribution < 1.29 is 28.2 Å². The van der Waals surface area contributed by atoms with Crippen LogP contribution in [0, 0.1) is 17.8 Å². The van der Waals surface area contributed by atoms with E-state index in [9.17, 15) is 4.79 Å². The van der Waals surface area contributed by atoms with Gasteiger partial charge in [-0.05, 0) is 60.7 Å². The molecule has 0 aliphatic heterocycles. The minimum absolute atomic E-state index is 0.0131. The third-order valence-corrected chi connectivity index (χ3v) is 13.2. The number of ether oxygens (including phenoxy) is 4. The van der Waals surface area contributed by atoms with E-state index in [0.29, 0.717) is 0 Å². The van der Waals surface area contributed by atoms with Gasteiger partial charge in [-0.25, -0.2) is 4.79 Å². The van der Waals surface area contributed by atoms with E-state index >= 15 is 0 Å². The summed E-state index contributed by atoms with van der Waals surface area (Å²) in [6.45, 7) is 21.8. The molecular weight excluding hydrogens is 599 g/mol. The predicted octanol–water partition coefficient (Wildman–Crippen LogP) is 7.79. The van der Waals surface area contributed by atoms with Crippen molar-refractivity contribution in [1.29, 1.82) is 0 Å². The lowest BCUT2D eigenvalue weighted by atomic mass is 9.84. The highest BCUT2D eigenvalue weighted by Crippen LogP contribution is 2.38. The quantitative estimate of drug-likeness (QED) is 0.0853. The van der Waals surface area contributed by atoms with E-state index in [4.69, 9.17) is 23.4 Å². The summed E-state index contributed by atoms with van der Waals surface area (Å²) >= 11 is 2.23. The van der Waals surface area contributed by atoms with Gasteiger partial charge in [0.15, 0.2) is 14.4 Å². The molecule has 0 saturated carbocycles. The van der Waals surface area contributed by atoms with Crippen LogP contribution in [-0.4, -0.2) is 66.1 Å². The number of esters is 1. The Morgan fingerprint density at radius 2 is 1.54 bits per heavy atom. The van der Waals surface area contributed by atoms with Crippen molar-refractivity contribution in [2.24, 2.45) is 17.8 Å². The summed E-state index contributed by atoms with van der Waals surface area (Å²) in [7, 11) is 3.18. The molecule has 0 radical (unpaired) electrons. The Morgan fingerprint density at radius 1 is 0.946 bits per heavy atom. The molecular formula is C29H57IO6Si. The van der Waals surface area contributed by atoms with Crippen molar-refractivity contribution >= 4 is 36.9 Å². The SMILES string of the molecule is CCC(CC(OC)C(C)CCC(OC(=O)C(C)OC)C(C)C(OC)C(C)/C=C/I)O[Si](C)(C)C(C)(C)C. The molecule has 0 aromatic carbocycles. The van der Waals surface area contributed by atoms with Gasteiger partial charge >= 0.3 is 5.97 Å². The molecule has 0 rings (SSSR count). The second-order valence-electron chi connectivity index (χ2n) is 12.1. The van der Waals surface area contributed by atoms with Crippen LogP contribution in [0.25, 0.3) is 0 Å². The second kappa shape index (κ2) is 17.6. The van der Waals surface area contributed by atoms with E-state index < -0.39 is 14.4 Å². The number of hydrogen-bond donors (Lipinski definition) is 0. The van der Waals surface area contributed by atoms with Crippen LogP contribution in [0.5, 0.6) is 0 Å². The van der Waals surface area contributed by atoms with Crippen molar-refractivity contribution in [1.82, 2.24) is 0 Å². The number of methoxy groups -OCH3 is 3. The van der Waals surface area contributed by atoms with Crippen LogP contribution in [0.2, 0.25) is 18.1 Å². The minimum atomic E-state index is -1.87. The molecule has 0 saturated heterocycles. The van der Waals surface area contributed by atoms with Crippen molar-refractivity contribution in [3.63, 3.8) is 0 Å². The fourth-order valence-electron chi connectivity index (χ4n) is 4.44. The zero-order valence-electron chi connectivity index (χ0n) is 25.9.